The Kier molecular flexibility index (Phi) is 4.17. The predicted octanol–water partition coefficient (Wildman–Crippen LogP) is 0.595. The van der Waals surface area contributed by atoms with Gasteiger partial charge in [0.1, 0.15) is 5.82 Å². The normalized spacial score (nSPS) is 12.4. The van der Waals surface area contributed by atoms with Crippen LogP contribution in [0.1, 0.15) is 18.4 Å². The zero-order chi connectivity index (χ0) is 11.3. The molecule has 1 unspecified atom stereocenters. The summed E-state index contributed by atoms with van der Waals surface area (Å²) in [5.74, 6) is -0.449. The lowest BCUT2D eigenvalue weighted by Crippen LogP contribution is -2.26. The predicted molar refractivity (Wildman–Crippen MR) is 55.3 cm³/mol. The molecule has 5 heteroatoms. The van der Waals surface area contributed by atoms with Gasteiger partial charge in [-0.1, -0.05) is 6.92 Å². The second-order valence-corrected chi connectivity index (χ2v) is 3.47. The number of aromatic nitrogens is 2. The third-order valence-electron chi connectivity index (χ3n) is 2.01. The van der Waals surface area contributed by atoms with Gasteiger partial charge in [-0.25, -0.2) is 9.97 Å². The Bertz CT molecular complexity index is 341. The number of carbonyl (C=O) groups is 1. The van der Waals surface area contributed by atoms with Crippen LogP contribution < -0.4 is 5.32 Å². The summed E-state index contributed by atoms with van der Waals surface area (Å²) in [4.78, 5) is 18.7. The first-order chi connectivity index (χ1) is 7.09. The maximum Gasteiger partial charge on any atom is 0.307 e. The summed E-state index contributed by atoms with van der Waals surface area (Å²) in [7, 11) is 0. The molecule has 1 rings (SSSR count). The Balaban J connectivity index is 2.35. The molecule has 0 aromatic carbocycles. The van der Waals surface area contributed by atoms with Gasteiger partial charge in [-0.2, -0.15) is 0 Å². The number of hydrogen-bond acceptors (Lipinski definition) is 4. The van der Waals surface area contributed by atoms with Crippen molar-refractivity contribution in [1.82, 2.24) is 15.3 Å². The van der Waals surface area contributed by atoms with E-state index in [2.05, 4.69) is 15.3 Å². The summed E-state index contributed by atoms with van der Waals surface area (Å²) in [6, 6.07) is 1.81. The average Bonchev–Trinajstić information content (AvgIpc) is 2.17. The number of aryl methyl sites for hydroxylation is 1. The van der Waals surface area contributed by atoms with Crippen molar-refractivity contribution in [3.63, 3.8) is 0 Å². The molecule has 5 nitrogen and oxygen atoms in total. The lowest BCUT2D eigenvalue weighted by molar-refractivity contribution is -0.140. The van der Waals surface area contributed by atoms with Gasteiger partial charge in [0.05, 0.1) is 11.6 Å². The van der Waals surface area contributed by atoms with Gasteiger partial charge in [-0.3, -0.25) is 4.79 Å². The summed E-state index contributed by atoms with van der Waals surface area (Å²) < 4.78 is 0. The van der Waals surface area contributed by atoms with Crippen LogP contribution in [0.25, 0.3) is 0 Å². The van der Waals surface area contributed by atoms with E-state index in [-0.39, 0.29) is 5.92 Å². The molecule has 0 saturated heterocycles. The van der Waals surface area contributed by atoms with E-state index in [0.29, 0.717) is 13.1 Å². The molecule has 0 bridgehead atoms. The van der Waals surface area contributed by atoms with Crippen molar-refractivity contribution in [2.24, 2.45) is 5.92 Å². The number of nitrogens with one attached hydrogen (secondary N) is 1. The van der Waals surface area contributed by atoms with E-state index >= 15 is 0 Å². The summed E-state index contributed by atoms with van der Waals surface area (Å²) in [5.41, 5.74) is 0.875. The number of hydrogen-bond donors (Lipinski definition) is 2. The number of carboxylic acids is 1. The maximum atomic E-state index is 10.5. The number of rotatable bonds is 5. The quantitative estimate of drug-likeness (QED) is 0.742. The summed E-state index contributed by atoms with van der Waals surface area (Å²) in [5, 5.41) is 11.7. The Hall–Kier alpha value is -1.49. The highest BCUT2D eigenvalue weighted by atomic mass is 16.4. The standard InChI is InChI=1S/C10H15N3O2/c1-7(10(14)15)5-11-6-9-3-4-12-8(2)13-9/h3-4,7,11H,5-6H2,1-2H3,(H,14,15). The van der Waals surface area contributed by atoms with Crippen LogP contribution in [0.2, 0.25) is 0 Å². The minimum Gasteiger partial charge on any atom is -0.481 e. The van der Waals surface area contributed by atoms with Gasteiger partial charge in [0.15, 0.2) is 0 Å². The highest BCUT2D eigenvalue weighted by Gasteiger charge is 2.09. The van der Waals surface area contributed by atoms with E-state index in [4.69, 9.17) is 5.11 Å². The van der Waals surface area contributed by atoms with Gasteiger partial charge < -0.3 is 10.4 Å². The van der Waals surface area contributed by atoms with Crippen molar-refractivity contribution in [2.75, 3.05) is 6.54 Å². The van der Waals surface area contributed by atoms with Crippen molar-refractivity contribution in [2.45, 2.75) is 20.4 Å². The molecule has 15 heavy (non-hydrogen) atoms. The van der Waals surface area contributed by atoms with Crippen LogP contribution in [-0.2, 0) is 11.3 Å². The molecule has 82 valence electrons. The molecule has 2 N–H and O–H groups in total. The summed E-state index contributed by atoms with van der Waals surface area (Å²) >= 11 is 0. The van der Waals surface area contributed by atoms with E-state index in [9.17, 15) is 4.79 Å². The molecule has 0 aliphatic carbocycles. The lowest BCUT2D eigenvalue weighted by atomic mass is 10.2. The van der Waals surface area contributed by atoms with Crippen molar-refractivity contribution >= 4 is 5.97 Å². The van der Waals surface area contributed by atoms with Gasteiger partial charge in [0, 0.05) is 19.3 Å². The molecular weight excluding hydrogens is 194 g/mol. The molecule has 0 saturated carbocycles. The van der Waals surface area contributed by atoms with E-state index in [1.54, 1.807) is 13.1 Å². The molecule has 0 amide bonds. The van der Waals surface area contributed by atoms with Crippen LogP contribution in [0.5, 0.6) is 0 Å². The van der Waals surface area contributed by atoms with Gasteiger partial charge in [0.25, 0.3) is 0 Å². The Labute approximate surface area is 88.6 Å². The summed E-state index contributed by atoms with van der Waals surface area (Å²) in [6.07, 6.45) is 1.69. The highest BCUT2D eigenvalue weighted by Crippen LogP contribution is 1.96. The van der Waals surface area contributed by atoms with Crippen LogP contribution >= 0.6 is 0 Å². The largest absolute Gasteiger partial charge is 0.481 e. The van der Waals surface area contributed by atoms with Gasteiger partial charge in [-0.15, -0.1) is 0 Å². The number of aliphatic carboxylic acids is 1. The first-order valence-electron chi connectivity index (χ1n) is 4.81. The van der Waals surface area contributed by atoms with E-state index in [0.717, 1.165) is 11.5 Å². The fraction of sp³-hybridized carbons (Fsp3) is 0.500. The zero-order valence-electron chi connectivity index (χ0n) is 8.90. The molecule has 1 aromatic heterocycles. The fourth-order valence-electron chi connectivity index (χ4n) is 1.11. The number of nitrogens with zero attached hydrogens (tertiary/aromatic N) is 2. The fourth-order valence-corrected chi connectivity index (χ4v) is 1.11. The zero-order valence-corrected chi connectivity index (χ0v) is 8.90. The monoisotopic (exact) mass is 209 g/mol. The average molecular weight is 209 g/mol. The lowest BCUT2D eigenvalue weighted by Gasteiger charge is -2.07. The highest BCUT2D eigenvalue weighted by molar-refractivity contribution is 5.69. The van der Waals surface area contributed by atoms with Crippen molar-refractivity contribution < 1.29 is 9.90 Å². The number of carboxylic acid groups (broad SMARTS) is 1. The maximum absolute atomic E-state index is 10.5. The second-order valence-electron chi connectivity index (χ2n) is 3.47. The minimum atomic E-state index is -0.790. The molecule has 0 radical (unpaired) electrons. The molecule has 0 fully saturated rings. The van der Waals surface area contributed by atoms with E-state index < -0.39 is 5.97 Å². The molecule has 1 heterocycles. The van der Waals surface area contributed by atoms with E-state index in [1.807, 2.05) is 13.0 Å². The van der Waals surface area contributed by atoms with Crippen LogP contribution in [-0.4, -0.2) is 27.6 Å². The molecular formula is C10H15N3O2. The van der Waals surface area contributed by atoms with Crippen LogP contribution in [0.15, 0.2) is 12.3 Å². The minimum absolute atomic E-state index is 0.382. The van der Waals surface area contributed by atoms with Crippen molar-refractivity contribution in [3.05, 3.63) is 23.8 Å². The Morgan fingerprint density at radius 3 is 3.00 bits per heavy atom. The topological polar surface area (TPSA) is 75.1 Å². The smallest absolute Gasteiger partial charge is 0.307 e. The van der Waals surface area contributed by atoms with Gasteiger partial charge >= 0.3 is 5.97 Å². The summed E-state index contributed by atoms with van der Waals surface area (Å²) in [6.45, 7) is 4.50. The van der Waals surface area contributed by atoms with E-state index in [1.165, 1.54) is 0 Å². The van der Waals surface area contributed by atoms with Crippen molar-refractivity contribution in [1.29, 1.82) is 0 Å². The third kappa shape index (κ3) is 4.03. The Morgan fingerprint density at radius 2 is 2.40 bits per heavy atom. The molecule has 0 aliphatic heterocycles. The van der Waals surface area contributed by atoms with Crippen LogP contribution in [0.4, 0.5) is 0 Å². The Morgan fingerprint density at radius 1 is 1.67 bits per heavy atom. The SMILES string of the molecule is Cc1nccc(CNCC(C)C(=O)O)n1. The first-order valence-corrected chi connectivity index (χ1v) is 4.81. The van der Waals surface area contributed by atoms with Crippen LogP contribution in [0.3, 0.4) is 0 Å². The second kappa shape index (κ2) is 5.41. The van der Waals surface area contributed by atoms with Crippen molar-refractivity contribution in [3.8, 4) is 0 Å². The van der Waals surface area contributed by atoms with Gasteiger partial charge in [-0.05, 0) is 13.0 Å². The molecule has 0 aliphatic rings. The third-order valence-corrected chi connectivity index (χ3v) is 2.01. The molecule has 0 spiro atoms. The molecule has 1 aromatic rings. The van der Waals surface area contributed by atoms with Gasteiger partial charge in [0.2, 0.25) is 0 Å². The molecule has 1 atom stereocenters. The van der Waals surface area contributed by atoms with Crippen LogP contribution in [0, 0.1) is 12.8 Å². The first kappa shape index (κ1) is 11.6.